The Kier molecular flexibility index (Phi) is 6.22. The largest absolute Gasteiger partial charge is 0.496 e. The Bertz CT molecular complexity index is 479. The Morgan fingerprint density at radius 2 is 1.95 bits per heavy atom. The van der Waals surface area contributed by atoms with Gasteiger partial charge < -0.3 is 9.47 Å². The van der Waals surface area contributed by atoms with E-state index in [2.05, 4.69) is 0 Å². The van der Waals surface area contributed by atoms with Gasteiger partial charge in [-0.3, -0.25) is 9.59 Å². The highest BCUT2D eigenvalue weighted by atomic mass is 16.5. The van der Waals surface area contributed by atoms with E-state index in [0.717, 1.165) is 24.2 Å². The summed E-state index contributed by atoms with van der Waals surface area (Å²) < 4.78 is 9.91. The SMILES string of the molecule is CCCCC(C(=O)OC)C(=O)c1ccc(OC)c(C)c1. The van der Waals surface area contributed by atoms with Gasteiger partial charge in [0.25, 0.3) is 0 Å². The molecule has 0 saturated carbocycles. The van der Waals surface area contributed by atoms with Gasteiger partial charge in [0.2, 0.25) is 0 Å². The van der Waals surface area contributed by atoms with Gasteiger partial charge in [-0.25, -0.2) is 0 Å². The predicted octanol–water partition coefficient (Wildman–Crippen LogP) is 3.17. The normalized spacial score (nSPS) is 11.8. The summed E-state index contributed by atoms with van der Waals surface area (Å²) in [6, 6.07) is 5.19. The van der Waals surface area contributed by atoms with Crippen LogP contribution in [0, 0.1) is 12.8 Å². The summed E-state index contributed by atoms with van der Waals surface area (Å²) in [6.07, 6.45) is 2.27. The van der Waals surface area contributed by atoms with Crippen LogP contribution in [0.4, 0.5) is 0 Å². The smallest absolute Gasteiger partial charge is 0.316 e. The Morgan fingerprint density at radius 3 is 2.45 bits per heavy atom. The second-order valence-corrected chi connectivity index (χ2v) is 4.77. The molecule has 0 aromatic heterocycles. The maximum absolute atomic E-state index is 12.5. The van der Waals surface area contributed by atoms with Crippen molar-refractivity contribution >= 4 is 11.8 Å². The number of methoxy groups -OCH3 is 2. The first kappa shape index (κ1) is 16.2. The number of hydrogen-bond acceptors (Lipinski definition) is 4. The second kappa shape index (κ2) is 7.68. The van der Waals surface area contributed by atoms with Crippen molar-refractivity contribution < 1.29 is 19.1 Å². The van der Waals surface area contributed by atoms with Gasteiger partial charge in [0.15, 0.2) is 5.78 Å². The number of rotatable bonds is 7. The van der Waals surface area contributed by atoms with E-state index in [1.807, 2.05) is 13.8 Å². The van der Waals surface area contributed by atoms with E-state index in [1.54, 1.807) is 25.3 Å². The minimum Gasteiger partial charge on any atom is -0.496 e. The van der Waals surface area contributed by atoms with Crippen LogP contribution >= 0.6 is 0 Å². The minimum atomic E-state index is -0.715. The summed E-state index contributed by atoms with van der Waals surface area (Å²) in [5, 5.41) is 0. The molecule has 0 fully saturated rings. The maximum atomic E-state index is 12.5. The Labute approximate surface area is 120 Å². The van der Waals surface area contributed by atoms with Crippen molar-refractivity contribution in [3.63, 3.8) is 0 Å². The van der Waals surface area contributed by atoms with Crippen LogP contribution < -0.4 is 4.74 Å². The third-order valence-corrected chi connectivity index (χ3v) is 3.33. The van der Waals surface area contributed by atoms with Crippen LogP contribution in [0.5, 0.6) is 5.75 Å². The van der Waals surface area contributed by atoms with E-state index in [4.69, 9.17) is 9.47 Å². The molecule has 0 radical (unpaired) electrons. The third-order valence-electron chi connectivity index (χ3n) is 3.33. The molecule has 0 aliphatic rings. The highest BCUT2D eigenvalue weighted by Crippen LogP contribution is 2.22. The summed E-state index contributed by atoms with van der Waals surface area (Å²) in [7, 11) is 2.90. The van der Waals surface area contributed by atoms with Gasteiger partial charge >= 0.3 is 5.97 Å². The summed E-state index contributed by atoms with van der Waals surface area (Å²) in [4.78, 5) is 24.2. The van der Waals surface area contributed by atoms with Gasteiger partial charge in [-0.05, 0) is 37.1 Å². The van der Waals surface area contributed by atoms with Gasteiger partial charge in [-0.2, -0.15) is 0 Å². The molecule has 0 bridgehead atoms. The second-order valence-electron chi connectivity index (χ2n) is 4.77. The van der Waals surface area contributed by atoms with Crippen LogP contribution in [-0.4, -0.2) is 26.0 Å². The maximum Gasteiger partial charge on any atom is 0.316 e. The van der Waals surface area contributed by atoms with Gasteiger partial charge in [0.1, 0.15) is 11.7 Å². The molecule has 0 aliphatic heterocycles. The monoisotopic (exact) mass is 278 g/mol. The highest BCUT2D eigenvalue weighted by Gasteiger charge is 2.28. The van der Waals surface area contributed by atoms with E-state index >= 15 is 0 Å². The van der Waals surface area contributed by atoms with E-state index in [1.165, 1.54) is 7.11 Å². The summed E-state index contributed by atoms with van der Waals surface area (Å²) in [5.41, 5.74) is 1.40. The van der Waals surface area contributed by atoms with Crippen LogP contribution in [0.3, 0.4) is 0 Å². The number of carbonyl (C=O) groups is 2. The quantitative estimate of drug-likeness (QED) is 0.437. The molecular weight excluding hydrogens is 256 g/mol. The molecule has 4 nitrogen and oxygen atoms in total. The number of esters is 1. The zero-order chi connectivity index (χ0) is 15.1. The molecule has 0 saturated heterocycles. The molecule has 20 heavy (non-hydrogen) atoms. The molecule has 0 aliphatic carbocycles. The molecule has 1 aromatic rings. The number of hydrogen-bond donors (Lipinski definition) is 0. The van der Waals surface area contributed by atoms with E-state index in [9.17, 15) is 9.59 Å². The first-order valence-electron chi connectivity index (χ1n) is 6.81. The fraction of sp³-hybridized carbons (Fsp3) is 0.500. The number of aryl methyl sites for hydroxylation is 1. The lowest BCUT2D eigenvalue weighted by Gasteiger charge is -2.14. The number of unbranched alkanes of at least 4 members (excludes halogenated alkanes) is 1. The number of carbonyl (C=O) groups excluding carboxylic acids is 2. The van der Waals surface area contributed by atoms with Crippen molar-refractivity contribution in [3.8, 4) is 5.75 Å². The van der Waals surface area contributed by atoms with Crippen LogP contribution in [-0.2, 0) is 9.53 Å². The molecule has 0 spiro atoms. The molecule has 4 heteroatoms. The fourth-order valence-electron chi connectivity index (χ4n) is 2.14. The topological polar surface area (TPSA) is 52.6 Å². The summed E-state index contributed by atoms with van der Waals surface area (Å²) >= 11 is 0. The number of ether oxygens (including phenoxy) is 2. The van der Waals surface area contributed by atoms with Crippen molar-refractivity contribution in [2.75, 3.05) is 14.2 Å². The molecule has 1 atom stereocenters. The lowest BCUT2D eigenvalue weighted by atomic mass is 9.92. The lowest BCUT2D eigenvalue weighted by molar-refractivity contribution is -0.143. The molecule has 0 amide bonds. The molecule has 1 rings (SSSR count). The average molecular weight is 278 g/mol. The number of benzene rings is 1. The van der Waals surface area contributed by atoms with Crippen molar-refractivity contribution in [2.24, 2.45) is 5.92 Å². The van der Waals surface area contributed by atoms with Gasteiger partial charge in [-0.15, -0.1) is 0 Å². The molecule has 0 heterocycles. The van der Waals surface area contributed by atoms with E-state index in [-0.39, 0.29) is 5.78 Å². The number of ketones is 1. The van der Waals surface area contributed by atoms with E-state index in [0.29, 0.717) is 12.0 Å². The third kappa shape index (κ3) is 3.83. The lowest BCUT2D eigenvalue weighted by Crippen LogP contribution is -2.25. The van der Waals surface area contributed by atoms with Crippen molar-refractivity contribution in [1.29, 1.82) is 0 Å². The zero-order valence-corrected chi connectivity index (χ0v) is 12.6. The van der Waals surface area contributed by atoms with Crippen LogP contribution in [0.2, 0.25) is 0 Å². The van der Waals surface area contributed by atoms with Crippen LogP contribution in [0.25, 0.3) is 0 Å². The molecule has 0 N–H and O–H groups in total. The first-order valence-corrected chi connectivity index (χ1v) is 6.81. The van der Waals surface area contributed by atoms with Crippen LogP contribution in [0.1, 0.15) is 42.1 Å². The highest BCUT2D eigenvalue weighted by molar-refractivity contribution is 6.08. The van der Waals surface area contributed by atoms with Crippen molar-refractivity contribution in [3.05, 3.63) is 29.3 Å². The van der Waals surface area contributed by atoms with E-state index < -0.39 is 11.9 Å². The Balaban J connectivity index is 2.99. The van der Waals surface area contributed by atoms with Crippen molar-refractivity contribution in [1.82, 2.24) is 0 Å². The molecule has 1 aromatic carbocycles. The standard InChI is InChI=1S/C16H22O4/c1-5-6-7-13(16(18)20-4)15(17)12-8-9-14(19-3)11(2)10-12/h8-10,13H,5-7H2,1-4H3. The average Bonchev–Trinajstić information content (AvgIpc) is 2.46. The first-order chi connectivity index (χ1) is 9.54. The van der Waals surface area contributed by atoms with Gasteiger partial charge in [0.05, 0.1) is 14.2 Å². The van der Waals surface area contributed by atoms with Crippen molar-refractivity contribution in [2.45, 2.75) is 33.1 Å². The summed E-state index contributed by atoms with van der Waals surface area (Å²) in [6.45, 7) is 3.89. The predicted molar refractivity (Wildman–Crippen MR) is 77.1 cm³/mol. The summed E-state index contributed by atoms with van der Waals surface area (Å²) in [5.74, 6) is -0.634. The number of Topliss-reactive ketones (excluding diaryl/α,β-unsaturated/α-hetero) is 1. The Hall–Kier alpha value is -1.84. The zero-order valence-electron chi connectivity index (χ0n) is 12.6. The molecular formula is C16H22O4. The minimum absolute atomic E-state index is 0.184. The molecule has 110 valence electrons. The van der Waals surface area contributed by atoms with Gasteiger partial charge in [-0.1, -0.05) is 19.8 Å². The fourth-order valence-corrected chi connectivity index (χ4v) is 2.14. The van der Waals surface area contributed by atoms with Gasteiger partial charge in [0, 0.05) is 5.56 Å². The molecule has 1 unspecified atom stereocenters. The van der Waals surface area contributed by atoms with Crippen LogP contribution in [0.15, 0.2) is 18.2 Å². The Morgan fingerprint density at radius 1 is 1.25 bits per heavy atom.